The number of amides is 2. The van der Waals surface area contributed by atoms with Gasteiger partial charge in [-0.05, 0) is 25.1 Å². The van der Waals surface area contributed by atoms with Crippen molar-refractivity contribution in [3.05, 3.63) is 56.8 Å². The highest BCUT2D eigenvalue weighted by molar-refractivity contribution is 7.09. The number of benzene rings is 1. The Morgan fingerprint density at radius 2 is 2.07 bits per heavy atom. The van der Waals surface area contributed by atoms with Crippen LogP contribution in [0.2, 0.25) is 0 Å². The minimum Gasteiger partial charge on any atom is -0.464 e. The van der Waals surface area contributed by atoms with E-state index < -0.39 is 0 Å². The van der Waals surface area contributed by atoms with Crippen LogP contribution in [0.15, 0.2) is 45.1 Å². The quantitative estimate of drug-likeness (QED) is 0.751. The van der Waals surface area contributed by atoms with Crippen LogP contribution in [0.4, 0.5) is 10.5 Å². The Labute approximate surface area is 160 Å². The predicted octanol–water partition coefficient (Wildman–Crippen LogP) is 2.91. The van der Waals surface area contributed by atoms with Crippen LogP contribution in [0.25, 0.3) is 11.0 Å². The van der Waals surface area contributed by atoms with Crippen molar-refractivity contribution in [3.8, 4) is 0 Å². The van der Waals surface area contributed by atoms with Gasteiger partial charge in [-0.25, -0.2) is 9.78 Å². The maximum atomic E-state index is 12.5. The number of fused-ring (bicyclic) bond motifs is 1. The van der Waals surface area contributed by atoms with Gasteiger partial charge in [-0.3, -0.25) is 9.69 Å². The molecule has 2 aromatic heterocycles. The third-order valence-corrected chi connectivity index (χ3v) is 5.44. The molecule has 27 heavy (non-hydrogen) atoms. The van der Waals surface area contributed by atoms with Crippen molar-refractivity contribution in [1.82, 2.24) is 14.8 Å². The van der Waals surface area contributed by atoms with E-state index in [4.69, 9.17) is 4.42 Å². The van der Waals surface area contributed by atoms with Gasteiger partial charge in [-0.1, -0.05) is 0 Å². The van der Waals surface area contributed by atoms with Gasteiger partial charge in [0.25, 0.3) is 0 Å². The van der Waals surface area contributed by atoms with E-state index in [9.17, 15) is 9.59 Å². The molecule has 3 heterocycles. The number of rotatable bonds is 3. The molecule has 140 valence electrons. The van der Waals surface area contributed by atoms with Crippen LogP contribution >= 0.6 is 11.3 Å². The second-order valence-electron chi connectivity index (χ2n) is 6.55. The number of aryl methyl sites for hydroxylation is 1. The topological polar surface area (TPSA) is 78.7 Å². The van der Waals surface area contributed by atoms with Crippen molar-refractivity contribution in [3.63, 3.8) is 0 Å². The summed E-state index contributed by atoms with van der Waals surface area (Å²) in [6.07, 6.45) is 1.37. The van der Waals surface area contributed by atoms with E-state index in [1.807, 2.05) is 6.92 Å². The molecule has 2 amide bonds. The molecule has 0 unspecified atom stereocenters. The van der Waals surface area contributed by atoms with Crippen LogP contribution in [0.5, 0.6) is 0 Å². The number of aromatic nitrogens is 1. The molecule has 3 aromatic rings. The lowest BCUT2D eigenvalue weighted by Crippen LogP contribution is -2.49. The zero-order chi connectivity index (χ0) is 18.8. The van der Waals surface area contributed by atoms with Crippen LogP contribution in [0, 0.1) is 6.92 Å². The summed E-state index contributed by atoms with van der Waals surface area (Å²) in [7, 11) is 0. The first-order valence-electron chi connectivity index (χ1n) is 8.79. The van der Waals surface area contributed by atoms with Crippen molar-refractivity contribution in [1.29, 1.82) is 0 Å². The van der Waals surface area contributed by atoms with Crippen molar-refractivity contribution in [2.45, 2.75) is 13.5 Å². The molecule has 0 aliphatic carbocycles. The number of hydrogen-bond acceptors (Lipinski definition) is 6. The van der Waals surface area contributed by atoms with E-state index in [0.29, 0.717) is 29.7 Å². The smallest absolute Gasteiger partial charge is 0.321 e. The van der Waals surface area contributed by atoms with Crippen molar-refractivity contribution < 1.29 is 9.21 Å². The van der Waals surface area contributed by atoms with E-state index in [0.717, 1.165) is 30.3 Å². The second kappa shape index (κ2) is 7.50. The molecule has 1 aliphatic heterocycles. The zero-order valence-electron chi connectivity index (χ0n) is 15.0. The normalized spacial score (nSPS) is 15.2. The van der Waals surface area contributed by atoms with Crippen molar-refractivity contribution in [2.24, 2.45) is 0 Å². The molecule has 0 radical (unpaired) electrons. The van der Waals surface area contributed by atoms with Crippen LogP contribution < -0.4 is 10.7 Å². The van der Waals surface area contributed by atoms with Gasteiger partial charge >= 0.3 is 6.03 Å². The first kappa shape index (κ1) is 17.7. The molecular formula is C19H20N4O3S. The lowest BCUT2D eigenvalue weighted by Gasteiger charge is -2.34. The highest BCUT2D eigenvalue weighted by Gasteiger charge is 2.21. The predicted molar refractivity (Wildman–Crippen MR) is 105 cm³/mol. The number of nitrogens with one attached hydrogen (secondary N) is 1. The Kier molecular flexibility index (Phi) is 4.91. The Bertz CT molecular complexity index is 1020. The van der Waals surface area contributed by atoms with Gasteiger partial charge < -0.3 is 14.6 Å². The SMILES string of the molecule is Cc1nc(CN2CCN(C(=O)Nc3ccc4occc(=O)c4c3)CC2)cs1. The van der Waals surface area contributed by atoms with E-state index >= 15 is 0 Å². The summed E-state index contributed by atoms with van der Waals surface area (Å²) < 4.78 is 5.30. The van der Waals surface area contributed by atoms with E-state index in [1.54, 1.807) is 34.4 Å². The highest BCUT2D eigenvalue weighted by atomic mass is 32.1. The first-order valence-corrected chi connectivity index (χ1v) is 9.67. The monoisotopic (exact) mass is 384 g/mol. The fraction of sp³-hybridized carbons (Fsp3) is 0.316. The summed E-state index contributed by atoms with van der Waals surface area (Å²) in [6, 6.07) is 6.31. The fourth-order valence-electron chi connectivity index (χ4n) is 3.18. The van der Waals surface area contributed by atoms with Gasteiger partial charge in [0.15, 0.2) is 5.43 Å². The Hall–Kier alpha value is -2.71. The van der Waals surface area contributed by atoms with E-state index in [2.05, 4.69) is 20.6 Å². The summed E-state index contributed by atoms with van der Waals surface area (Å²) in [5, 5.41) is 6.50. The van der Waals surface area contributed by atoms with E-state index in [-0.39, 0.29) is 11.5 Å². The van der Waals surface area contributed by atoms with Gasteiger partial charge in [0.2, 0.25) is 0 Å². The molecule has 1 N–H and O–H groups in total. The number of thiazole rings is 1. The summed E-state index contributed by atoms with van der Waals surface area (Å²) in [5.74, 6) is 0. The summed E-state index contributed by atoms with van der Waals surface area (Å²) in [6.45, 7) is 5.76. The maximum Gasteiger partial charge on any atom is 0.321 e. The Morgan fingerprint density at radius 1 is 1.26 bits per heavy atom. The van der Waals surface area contributed by atoms with Gasteiger partial charge in [0.1, 0.15) is 5.58 Å². The third kappa shape index (κ3) is 4.01. The van der Waals surface area contributed by atoms with E-state index in [1.165, 1.54) is 12.3 Å². The summed E-state index contributed by atoms with van der Waals surface area (Å²) >= 11 is 1.66. The number of urea groups is 1. The number of carbonyl (C=O) groups excluding carboxylic acids is 1. The molecular weight excluding hydrogens is 364 g/mol. The van der Waals surface area contributed by atoms with Gasteiger partial charge in [0.05, 0.1) is 22.4 Å². The van der Waals surface area contributed by atoms with Crippen LogP contribution in [-0.2, 0) is 6.54 Å². The van der Waals surface area contributed by atoms with Crippen LogP contribution in [0.3, 0.4) is 0 Å². The number of piperazine rings is 1. The fourth-order valence-corrected chi connectivity index (χ4v) is 3.79. The number of carbonyl (C=O) groups is 1. The summed E-state index contributed by atoms with van der Waals surface area (Å²) in [5.41, 5.74) is 2.06. The molecule has 1 fully saturated rings. The number of anilines is 1. The second-order valence-corrected chi connectivity index (χ2v) is 7.61. The average Bonchev–Trinajstić information content (AvgIpc) is 3.08. The highest BCUT2D eigenvalue weighted by Crippen LogP contribution is 2.17. The average molecular weight is 384 g/mol. The molecule has 0 atom stereocenters. The lowest BCUT2D eigenvalue weighted by atomic mass is 10.2. The molecule has 8 heteroatoms. The standard InChI is InChI=1S/C19H20N4O3S/c1-13-20-15(12-27-13)11-22-5-7-23(8-6-22)19(25)21-14-2-3-18-16(10-14)17(24)4-9-26-18/h2-4,9-10,12H,5-8,11H2,1H3,(H,21,25). The number of nitrogens with zero attached hydrogens (tertiary/aromatic N) is 3. The molecule has 1 aliphatic rings. The van der Waals surface area contributed by atoms with Crippen LogP contribution in [0.1, 0.15) is 10.7 Å². The molecule has 1 aromatic carbocycles. The first-order chi connectivity index (χ1) is 13.1. The molecule has 1 saturated heterocycles. The minimum absolute atomic E-state index is 0.127. The zero-order valence-corrected chi connectivity index (χ0v) is 15.8. The third-order valence-electron chi connectivity index (χ3n) is 4.62. The molecule has 7 nitrogen and oxygen atoms in total. The molecule has 4 rings (SSSR count). The lowest BCUT2D eigenvalue weighted by molar-refractivity contribution is 0.142. The van der Waals surface area contributed by atoms with Crippen LogP contribution in [-0.4, -0.2) is 47.0 Å². The van der Waals surface area contributed by atoms with Crippen molar-refractivity contribution >= 4 is 34.0 Å². The van der Waals surface area contributed by atoms with Crippen molar-refractivity contribution in [2.75, 3.05) is 31.5 Å². The molecule has 0 saturated carbocycles. The minimum atomic E-state index is -0.154. The van der Waals surface area contributed by atoms with Gasteiger partial charge in [0, 0.05) is 49.9 Å². The maximum absolute atomic E-state index is 12.5. The Balaban J connectivity index is 1.35. The van der Waals surface area contributed by atoms with Gasteiger partial charge in [-0.2, -0.15) is 0 Å². The van der Waals surface area contributed by atoms with Gasteiger partial charge in [-0.15, -0.1) is 11.3 Å². The Morgan fingerprint density at radius 3 is 2.81 bits per heavy atom. The molecule has 0 bridgehead atoms. The molecule has 0 spiro atoms. The summed E-state index contributed by atoms with van der Waals surface area (Å²) in [4.78, 5) is 33.0. The number of hydrogen-bond donors (Lipinski definition) is 1. The largest absolute Gasteiger partial charge is 0.464 e.